The van der Waals surface area contributed by atoms with Gasteiger partial charge in [-0.3, -0.25) is 4.90 Å². The molecule has 0 amide bonds. The highest BCUT2D eigenvalue weighted by molar-refractivity contribution is 5.30. The number of hydrogen-bond donors (Lipinski definition) is 1. The Kier molecular flexibility index (Phi) is 5.62. The summed E-state index contributed by atoms with van der Waals surface area (Å²) in [5.41, 5.74) is 4.25. The standard InChI is InChI=1S/C18H30N2/c1-14(2)20(13-18-7-5-6-10-19-18)12-17-9-8-15(3)11-16(17)4/h8-9,11,14,18-19H,5-7,10,12-13H2,1-4H3. The number of aryl methyl sites for hydroxylation is 2. The number of nitrogens with zero attached hydrogens (tertiary/aromatic N) is 1. The smallest absolute Gasteiger partial charge is 0.0239 e. The predicted octanol–water partition coefficient (Wildman–Crippen LogP) is 3.66. The highest BCUT2D eigenvalue weighted by Gasteiger charge is 2.19. The number of hydrogen-bond acceptors (Lipinski definition) is 2. The Bertz CT molecular complexity index is 419. The topological polar surface area (TPSA) is 15.3 Å². The van der Waals surface area contributed by atoms with E-state index in [2.05, 4.69) is 56.1 Å². The first-order valence-corrected chi connectivity index (χ1v) is 8.10. The molecule has 0 radical (unpaired) electrons. The van der Waals surface area contributed by atoms with Crippen LogP contribution in [0.2, 0.25) is 0 Å². The van der Waals surface area contributed by atoms with Crippen LogP contribution in [-0.2, 0) is 6.54 Å². The van der Waals surface area contributed by atoms with Gasteiger partial charge in [-0.25, -0.2) is 0 Å². The summed E-state index contributed by atoms with van der Waals surface area (Å²) in [4.78, 5) is 2.61. The van der Waals surface area contributed by atoms with Gasteiger partial charge >= 0.3 is 0 Å². The summed E-state index contributed by atoms with van der Waals surface area (Å²) in [5, 5.41) is 3.67. The van der Waals surface area contributed by atoms with E-state index in [1.54, 1.807) is 0 Å². The van der Waals surface area contributed by atoms with E-state index in [4.69, 9.17) is 0 Å². The van der Waals surface area contributed by atoms with Crippen molar-refractivity contribution >= 4 is 0 Å². The number of piperidine rings is 1. The minimum Gasteiger partial charge on any atom is -0.313 e. The van der Waals surface area contributed by atoms with Crippen LogP contribution >= 0.6 is 0 Å². The van der Waals surface area contributed by atoms with Crippen LogP contribution in [0.3, 0.4) is 0 Å². The highest BCUT2D eigenvalue weighted by atomic mass is 15.2. The fourth-order valence-electron chi connectivity index (χ4n) is 3.06. The fourth-order valence-corrected chi connectivity index (χ4v) is 3.06. The molecule has 1 aromatic rings. The molecular weight excluding hydrogens is 244 g/mol. The van der Waals surface area contributed by atoms with Crippen molar-refractivity contribution in [2.75, 3.05) is 13.1 Å². The Morgan fingerprint density at radius 2 is 2.05 bits per heavy atom. The average molecular weight is 274 g/mol. The number of nitrogens with one attached hydrogen (secondary N) is 1. The van der Waals surface area contributed by atoms with Gasteiger partial charge in [0.05, 0.1) is 0 Å². The molecule has 1 heterocycles. The Hall–Kier alpha value is -0.860. The van der Waals surface area contributed by atoms with Crippen LogP contribution in [0, 0.1) is 13.8 Å². The molecule has 1 fully saturated rings. The minimum atomic E-state index is 0.597. The molecule has 0 aliphatic carbocycles. The fraction of sp³-hybridized carbons (Fsp3) is 0.667. The molecule has 0 spiro atoms. The minimum absolute atomic E-state index is 0.597. The third-order valence-electron chi connectivity index (χ3n) is 4.47. The second-order valence-corrected chi connectivity index (χ2v) is 6.60. The van der Waals surface area contributed by atoms with Gasteiger partial charge in [-0.2, -0.15) is 0 Å². The molecule has 0 saturated carbocycles. The van der Waals surface area contributed by atoms with E-state index < -0.39 is 0 Å². The Balaban J connectivity index is 2.01. The predicted molar refractivity (Wildman–Crippen MR) is 87.1 cm³/mol. The molecule has 1 unspecified atom stereocenters. The second kappa shape index (κ2) is 7.24. The van der Waals surface area contributed by atoms with Crippen LogP contribution in [0.5, 0.6) is 0 Å². The third kappa shape index (κ3) is 4.32. The van der Waals surface area contributed by atoms with Gasteiger partial charge in [-0.15, -0.1) is 0 Å². The molecule has 112 valence electrons. The SMILES string of the molecule is Cc1ccc(CN(CC2CCCCN2)C(C)C)c(C)c1. The third-order valence-corrected chi connectivity index (χ3v) is 4.47. The summed E-state index contributed by atoms with van der Waals surface area (Å²) < 4.78 is 0. The Labute approximate surface area is 124 Å². The summed E-state index contributed by atoms with van der Waals surface area (Å²) >= 11 is 0. The van der Waals surface area contributed by atoms with Crippen molar-refractivity contribution in [1.29, 1.82) is 0 Å². The van der Waals surface area contributed by atoms with Crippen LogP contribution in [0.15, 0.2) is 18.2 Å². The van der Waals surface area contributed by atoms with Crippen molar-refractivity contribution in [3.63, 3.8) is 0 Å². The normalized spacial score (nSPS) is 19.8. The van der Waals surface area contributed by atoms with Crippen molar-refractivity contribution < 1.29 is 0 Å². The summed E-state index contributed by atoms with van der Waals surface area (Å²) in [6.45, 7) is 12.5. The van der Waals surface area contributed by atoms with E-state index in [0.717, 1.165) is 6.54 Å². The van der Waals surface area contributed by atoms with Crippen LogP contribution in [-0.4, -0.2) is 30.1 Å². The molecule has 2 heteroatoms. The van der Waals surface area contributed by atoms with E-state index >= 15 is 0 Å². The molecule has 1 N–H and O–H groups in total. The Morgan fingerprint density at radius 3 is 2.65 bits per heavy atom. The van der Waals surface area contributed by atoms with E-state index in [0.29, 0.717) is 12.1 Å². The zero-order chi connectivity index (χ0) is 14.5. The second-order valence-electron chi connectivity index (χ2n) is 6.60. The lowest BCUT2D eigenvalue weighted by Crippen LogP contribution is -2.45. The maximum absolute atomic E-state index is 3.67. The van der Waals surface area contributed by atoms with Crippen LogP contribution in [0.25, 0.3) is 0 Å². The Morgan fingerprint density at radius 1 is 1.25 bits per heavy atom. The molecule has 0 aromatic heterocycles. The first-order valence-electron chi connectivity index (χ1n) is 8.10. The van der Waals surface area contributed by atoms with Crippen molar-refractivity contribution in [3.8, 4) is 0 Å². The summed E-state index contributed by atoms with van der Waals surface area (Å²) in [5.74, 6) is 0. The van der Waals surface area contributed by atoms with Gasteiger partial charge in [0.1, 0.15) is 0 Å². The molecule has 1 aliphatic heterocycles. The van der Waals surface area contributed by atoms with Crippen molar-refractivity contribution in [3.05, 3.63) is 34.9 Å². The average Bonchev–Trinajstić information content (AvgIpc) is 2.42. The van der Waals surface area contributed by atoms with Gasteiger partial charge in [0.2, 0.25) is 0 Å². The molecule has 2 nitrogen and oxygen atoms in total. The molecule has 0 bridgehead atoms. The monoisotopic (exact) mass is 274 g/mol. The lowest BCUT2D eigenvalue weighted by atomic mass is 10.0. The lowest BCUT2D eigenvalue weighted by molar-refractivity contribution is 0.177. The number of benzene rings is 1. The van der Waals surface area contributed by atoms with E-state index in [1.165, 1.54) is 49.0 Å². The van der Waals surface area contributed by atoms with E-state index in [-0.39, 0.29) is 0 Å². The zero-order valence-electron chi connectivity index (χ0n) is 13.6. The largest absolute Gasteiger partial charge is 0.313 e. The van der Waals surface area contributed by atoms with Crippen LogP contribution < -0.4 is 5.32 Å². The summed E-state index contributed by atoms with van der Waals surface area (Å²) in [7, 11) is 0. The molecule has 1 atom stereocenters. The molecular formula is C18H30N2. The van der Waals surface area contributed by atoms with Crippen LogP contribution in [0.1, 0.15) is 49.8 Å². The first kappa shape index (κ1) is 15.5. The van der Waals surface area contributed by atoms with Crippen LogP contribution in [0.4, 0.5) is 0 Å². The summed E-state index contributed by atoms with van der Waals surface area (Å²) in [6.07, 6.45) is 4.05. The molecule has 20 heavy (non-hydrogen) atoms. The van der Waals surface area contributed by atoms with Crippen molar-refractivity contribution in [1.82, 2.24) is 10.2 Å². The quantitative estimate of drug-likeness (QED) is 0.881. The van der Waals surface area contributed by atoms with Crippen molar-refractivity contribution in [2.24, 2.45) is 0 Å². The molecule has 1 aliphatic rings. The van der Waals surface area contributed by atoms with E-state index in [1.807, 2.05) is 0 Å². The van der Waals surface area contributed by atoms with Gasteiger partial charge < -0.3 is 5.32 Å². The van der Waals surface area contributed by atoms with Gasteiger partial charge in [0.25, 0.3) is 0 Å². The maximum Gasteiger partial charge on any atom is 0.0239 e. The summed E-state index contributed by atoms with van der Waals surface area (Å²) in [6, 6.07) is 8.11. The maximum atomic E-state index is 3.67. The van der Waals surface area contributed by atoms with Gasteiger partial charge in [-0.05, 0) is 58.2 Å². The lowest BCUT2D eigenvalue weighted by Gasteiger charge is -2.33. The molecule has 1 aromatic carbocycles. The van der Waals surface area contributed by atoms with Crippen molar-refractivity contribution in [2.45, 2.75) is 65.6 Å². The zero-order valence-corrected chi connectivity index (χ0v) is 13.6. The first-order chi connectivity index (χ1) is 9.56. The molecule has 2 rings (SSSR count). The van der Waals surface area contributed by atoms with Gasteiger partial charge in [0.15, 0.2) is 0 Å². The van der Waals surface area contributed by atoms with Gasteiger partial charge in [0, 0.05) is 25.2 Å². The van der Waals surface area contributed by atoms with Gasteiger partial charge in [-0.1, -0.05) is 30.2 Å². The molecule has 1 saturated heterocycles. The highest BCUT2D eigenvalue weighted by Crippen LogP contribution is 2.17. The van der Waals surface area contributed by atoms with E-state index in [9.17, 15) is 0 Å². The number of rotatable bonds is 5.